The van der Waals surface area contributed by atoms with Crippen molar-refractivity contribution in [3.8, 4) is 0 Å². The molecule has 0 bridgehead atoms. The van der Waals surface area contributed by atoms with E-state index in [4.69, 9.17) is 19.3 Å². The topological polar surface area (TPSA) is 160 Å². The molecule has 0 aromatic heterocycles. The van der Waals surface area contributed by atoms with Crippen LogP contribution in [0.25, 0.3) is 0 Å². The Bertz CT molecular complexity index is 893. The average Bonchev–Trinajstić information content (AvgIpc) is 2.98. The number of ether oxygens (including phenoxy) is 2. The van der Waals surface area contributed by atoms with Gasteiger partial charge in [-0.25, -0.2) is 4.57 Å². The summed E-state index contributed by atoms with van der Waals surface area (Å²) >= 11 is 0. The highest BCUT2D eigenvalue weighted by atomic mass is 31.2. The van der Waals surface area contributed by atoms with Gasteiger partial charge < -0.3 is 29.5 Å². The molecule has 254 valence electrons. The molecular weight excluding hydrogens is 587 g/mol. The standard InChI is InChI=1S/C33H57O10P/c1-3-5-7-9-11-12-13-14-15-17-18-20-23-30(34)31(35)24-22-26-32(36)41-27-29(28-42-44(38,39)40)43-33(37)25-21-19-16-10-8-6-4-2/h5,7,11-12,14-15,18,20,29-31,34-35H,3-4,6,8-10,13,16-17,19,21-28H2,1-2H3,(H2,38,39,40)/b7-5-,12-11-,15-14-,20-18-/t29-,30+,31+/m1/s1. The summed E-state index contributed by atoms with van der Waals surface area (Å²) in [4.78, 5) is 42.3. The van der Waals surface area contributed by atoms with E-state index in [9.17, 15) is 24.4 Å². The number of aliphatic hydroxyl groups excluding tert-OH is 2. The molecule has 44 heavy (non-hydrogen) atoms. The zero-order chi connectivity index (χ0) is 32.9. The molecule has 4 N–H and O–H groups in total. The van der Waals surface area contributed by atoms with Crippen molar-refractivity contribution in [3.05, 3.63) is 48.6 Å². The predicted molar refractivity (Wildman–Crippen MR) is 173 cm³/mol. The van der Waals surface area contributed by atoms with Crippen LogP contribution in [0.4, 0.5) is 0 Å². The lowest BCUT2D eigenvalue weighted by atomic mass is 10.0. The van der Waals surface area contributed by atoms with Crippen LogP contribution >= 0.6 is 7.82 Å². The van der Waals surface area contributed by atoms with Gasteiger partial charge in [-0.2, -0.15) is 0 Å². The highest BCUT2D eigenvalue weighted by molar-refractivity contribution is 7.46. The number of carbonyl (C=O) groups is 2. The lowest BCUT2D eigenvalue weighted by Crippen LogP contribution is -2.29. The average molecular weight is 645 g/mol. The number of aliphatic hydroxyl groups is 2. The Labute approximate surface area is 264 Å². The second-order valence-electron chi connectivity index (χ2n) is 10.7. The first kappa shape index (κ1) is 41.9. The molecule has 0 aliphatic rings. The maximum Gasteiger partial charge on any atom is 0.469 e. The van der Waals surface area contributed by atoms with Gasteiger partial charge in [0.05, 0.1) is 18.8 Å². The monoisotopic (exact) mass is 644 g/mol. The number of hydrogen-bond donors (Lipinski definition) is 4. The van der Waals surface area contributed by atoms with Crippen molar-refractivity contribution < 1.29 is 48.2 Å². The Morgan fingerprint density at radius 3 is 1.82 bits per heavy atom. The minimum Gasteiger partial charge on any atom is -0.462 e. The van der Waals surface area contributed by atoms with E-state index < -0.39 is 51.3 Å². The van der Waals surface area contributed by atoms with Crippen molar-refractivity contribution in [3.63, 3.8) is 0 Å². The van der Waals surface area contributed by atoms with E-state index in [1.54, 1.807) is 0 Å². The minimum absolute atomic E-state index is 0.0498. The van der Waals surface area contributed by atoms with Crippen molar-refractivity contribution in [2.75, 3.05) is 13.2 Å². The first-order chi connectivity index (χ1) is 21.1. The third kappa shape index (κ3) is 28.7. The smallest absolute Gasteiger partial charge is 0.462 e. The lowest BCUT2D eigenvalue weighted by Gasteiger charge is -2.19. The maximum atomic E-state index is 12.2. The SMILES string of the molecule is CC/C=C\C/C=C\C/C=C\C/C=C\C[C@H](O)[C@@H](O)CCCC(=O)OC[C@H](COP(=O)(O)O)OC(=O)CCCCCCCCC. The van der Waals surface area contributed by atoms with Gasteiger partial charge in [0.15, 0.2) is 6.10 Å². The normalized spacial score (nSPS) is 14.6. The van der Waals surface area contributed by atoms with E-state index in [0.717, 1.165) is 51.4 Å². The summed E-state index contributed by atoms with van der Waals surface area (Å²) in [5.74, 6) is -1.19. The fourth-order valence-electron chi connectivity index (χ4n) is 4.05. The van der Waals surface area contributed by atoms with E-state index in [0.29, 0.717) is 6.42 Å². The quantitative estimate of drug-likeness (QED) is 0.0309. The molecule has 0 unspecified atom stereocenters. The third-order valence-electron chi connectivity index (χ3n) is 6.56. The number of unbranched alkanes of at least 4 members (excludes halogenated alkanes) is 6. The summed E-state index contributed by atoms with van der Waals surface area (Å²) in [6.07, 6.45) is 24.8. The fraction of sp³-hybridized carbons (Fsp3) is 0.697. The van der Waals surface area contributed by atoms with Crippen LogP contribution in [0.1, 0.15) is 117 Å². The van der Waals surface area contributed by atoms with Crippen LogP contribution in [-0.2, 0) is 28.2 Å². The summed E-state index contributed by atoms with van der Waals surface area (Å²) in [6, 6.07) is 0. The van der Waals surface area contributed by atoms with Gasteiger partial charge in [0.25, 0.3) is 0 Å². The van der Waals surface area contributed by atoms with Crippen molar-refractivity contribution in [1.82, 2.24) is 0 Å². The molecule has 0 aliphatic carbocycles. The van der Waals surface area contributed by atoms with Gasteiger partial charge in [-0.15, -0.1) is 0 Å². The van der Waals surface area contributed by atoms with Crippen LogP contribution in [0.3, 0.4) is 0 Å². The number of hydrogen-bond acceptors (Lipinski definition) is 8. The highest BCUT2D eigenvalue weighted by Crippen LogP contribution is 2.35. The van der Waals surface area contributed by atoms with Crippen LogP contribution in [0.2, 0.25) is 0 Å². The maximum absolute atomic E-state index is 12.2. The number of carbonyl (C=O) groups excluding carboxylic acids is 2. The number of rotatable bonds is 28. The summed E-state index contributed by atoms with van der Waals surface area (Å²) in [5.41, 5.74) is 0. The van der Waals surface area contributed by atoms with E-state index in [1.165, 1.54) is 12.8 Å². The Morgan fingerprint density at radius 2 is 1.23 bits per heavy atom. The molecule has 0 rings (SSSR count). The van der Waals surface area contributed by atoms with Gasteiger partial charge >= 0.3 is 19.8 Å². The Hall–Kier alpha value is -2.07. The summed E-state index contributed by atoms with van der Waals surface area (Å²) in [6.45, 7) is 3.21. The minimum atomic E-state index is -4.81. The number of esters is 2. The second-order valence-corrected chi connectivity index (χ2v) is 12.0. The second kappa shape index (κ2) is 28.4. The Balaban J connectivity index is 4.30. The number of allylic oxidation sites excluding steroid dienone is 7. The third-order valence-corrected chi connectivity index (χ3v) is 7.05. The van der Waals surface area contributed by atoms with Crippen LogP contribution in [0.15, 0.2) is 48.6 Å². The summed E-state index contributed by atoms with van der Waals surface area (Å²) in [5, 5.41) is 20.4. The summed E-state index contributed by atoms with van der Waals surface area (Å²) in [7, 11) is -4.81. The zero-order valence-electron chi connectivity index (χ0n) is 26.8. The predicted octanol–water partition coefficient (Wildman–Crippen LogP) is 6.78. The van der Waals surface area contributed by atoms with Crippen LogP contribution in [-0.4, -0.2) is 63.5 Å². The molecule has 0 saturated carbocycles. The van der Waals surface area contributed by atoms with Crippen LogP contribution in [0, 0.1) is 0 Å². The van der Waals surface area contributed by atoms with Gasteiger partial charge in [0, 0.05) is 12.8 Å². The molecule has 0 aliphatic heterocycles. The molecule has 10 nitrogen and oxygen atoms in total. The molecule has 0 heterocycles. The molecule has 0 fully saturated rings. The van der Waals surface area contributed by atoms with Crippen molar-refractivity contribution in [2.45, 2.75) is 135 Å². The molecule has 0 aromatic rings. The van der Waals surface area contributed by atoms with Crippen LogP contribution < -0.4 is 0 Å². The van der Waals surface area contributed by atoms with Crippen molar-refractivity contribution in [2.24, 2.45) is 0 Å². The molecule has 0 amide bonds. The largest absolute Gasteiger partial charge is 0.469 e. The Kier molecular flexibility index (Phi) is 27.1. The molecule has 3 atom stereocenters. The van der Waals surface area contributed by atoms with Crippen LogP contribution in [0.5, 0.6) is 0 Å². The van der Waals surface area contributed by atoms with Crippen molar-refractivity contribution in [1.29, 1.82) is 0 Å². The van der Waals surface area contributed by atoms with Gasteiger partial charge in [0.2, 0.25) is 0 Å². The van der Waals surface area contributed by atoms with Gasteiger partial charge in [-0.3, -0.25) is 14.1 Å². The number of phosphoric ester groups is 1. The fourth-order valence-corrected chi connectivity index (χ4v) is 4.41. The molecule has 0 spiro atoms. The first-order valence-electron chi connectivity index (χ1n) is 16.1. The Morgan fingerprint density at radius 1 is 0.682 bits per heavy atom. The van der Waals surface area contributed by atoms with E-state index in [1.807, 2.05) is 18.2 Å². The number of phosphoric acid groups is 1. The molecule has 11 heteroatoms. The van der Waals surface area contributed by atoms with E-state index in [2.05, 4.69) is 48.8 Å². The molecule has 0 saturated heterocycles. The van der Waals surface area contributed by atoms with Crippen molar-refractivity contribution >= 4 is 19.8 Å². The molecular formula is C33H57O10P. The van der Waals surface area contributed by atoms with Gasteiger partial charge in [0.1, 0.15) is 6.61 Å². The zero-order valence-corrected chi connectivity index (χ0v) is 27.7. The van der Waals surface area contributed by atoms with Gasteiger partial charge in [-0.1, -0.05) is 101 Å². The van der Waals surface area contributed by atoms with Gasteiger partial charge in [-0.05, 0) is 51.4 Å². The van der Waals surface area contributed by atoms with E-state index in [-0.39, 0.29) is 32.1 Å². The molecule has 0 aromatic carbocycles. The first-order valence-corrected chi connectivity index (χ1v) is 17.6. The summed E-state index contributed by atoms with van der Waals surface area (Å²) < 4.78 is 25.9. The van der Waals surface area contributed by atoms with E-state index >= 15 is 0 Å². The molecule has 0 radical (unpaired) electrons. The lowest BCUT2D eigenvalue weighted by molar-refractivity contribution is -0.161. The highest BCUT2D eigenvalue weighted by Gasteiger charge is 2.23.